The smallest absolute Gasteiger partial charge is 0.162 e. The lowest BCUT2D eigenvalue weighted by atomic mass is 9.87. The molecule has 2 heteroatoms. The summed E-state index contributed by atoms with van der Waals surface area (Å²) in [4.78, 5) is 14.6. The van der Waals surface area contributed by atoms with Crippen molar-refractivity contribution in [2.75, 3.05) is 19.6 Å². The molecule has 0 aromatic heterocycles. The Morgan fingerprint density at radius 2 is 1.74 bits per heavy atom. The summed E-state index contributed by atoms with van der Waals surface area (Å²) in [5.41, 5.74) is 0.728. The van der Waals surface area contributed by atoms with Crippen LogP contribution in [0.3, 0.4) is 0 Å². The second kappa shape index (κ2) is 7.25. The first-order valence-corrected chi connectivity index (χ1v) is 6.99. The van der Waals surface area contributed by atoms with Gasteiger partial charge in [-0.25, -0.2) is 0 Å². The van der Waals surface area contributed by atoms with Gasteiger partial charge in [0.05, 0.1) is 0 Å². The van der Waals surface area contributed by atoms with Crippen LogP contribution in [0, 0.1) is 5.41 Å². The molecule has 0 aliphatic rings. The Labute approximate surface area is 117 Å². The predicted molar refractivity (Wildman–Crippen MR) is 82.1 cm³/mol. The van der Waals surface area contributed by atoms with Crippen molar-refractivity contribution in [1.29, 1.82) is 0 Å². The van der Waals surface area contributed by atoms with Crippen LogP contribution in [0.1, 0.15) is 33.3 Å². The van der Waals surface area contributed by atoms with E-state index in [4.69, 9.17) is 0 Å². The van der Waals surface area contributed by atoms with E-state index in [0.29, 0.717) is 0 Å². The Bertz CT molecular complexity index is 416. The van der Waals surface area contributed by atoms with E-state index in [-0.39, 0.29) is 11.2 Å². The molecule has 0 radical (unpaired) electrons. The molecule has 0 aliphatic heterocycles. The molecule has 1 rings (SSSR count). The van der Waals surface area contributed by atoms with Gasteiger partial charge >= 0.3 is 0 Å². The molecule has 0 amide bonds. The van der Waals surface area contributed by atoms with Crippen molar-refractivity contribution in [3.05, 3.63) is 42.0 Å². The predicted octanol–water partition coefficient (Wildman–Crippen LogP) is 3.64. The summed E-state index contributed by atoms with van der Waals surface area (Å²) in [6.45, 7) is 11.1. The number of benzene rings is 1. The van der Waals surface area contributed by atoms with Crippen molar-refractivity contribution in [2.45, 2.75) is 27.7 Å². The van der Waals surface area contributed by atoms with Gasteiger partial charge < -0.3 is 4.90 Å². The van der Waals surface area contributed by atoms with Crippen LogP contribution in [-0.2, 0) is 4.79 Å². The minimum atomic E-state index is -0.336. The van der Waals surface area contributed by atoms with Crippen LogP contribution in [0.25, 0.3) is 6.08 Å². The van der Waals surface area contributed by atoms with E-state index < -0.39 is 0 Å². The molecule has 0 N–H and O–H groups in total. The number of allylic oxidation sites excluding steroid dienone is 1. The van der Waals surface area contributed by atoms with Gasteiger partial charge in [-0.1, -0.05) is 64.1 Å². The molecule has 0 heterocycles. The summed E-state index contributed by atoms with van der Waals surface area (Å²) in [6, 6.07) is 9.93. The van der Waals surface area contributed by atoms with Gasteiger partial charge in [0.2, 0.25) is 0 Å². The van der Waals surface area contributed by atoms with Crippen molar-refractivity contribution in [1.82, 2.24) is 4.90 Å². The number of rotatable bonds is 7. The summed E-state index contributed by atoms with van der Waals surface area (Å²) in [5, 5.41) is 0. The molecule has 104 valence electrons. The number of carbonyl (C=O) groups excluding carboxylic acids is 1. The molecule has 0 saturated carbocycles. The second-order valence-corrected chi connectivity index (χ2v) is 5.45. The zero-order chi connectivity index (χ0) is 14.3. The van der Waals surface area contributed by atoms with Crippen LogP contribution < -0.4 is 0 Å². The summed E-state index contributed by atoms with van der Waals surface area (Å²) in [6.07, 6.45) is 3.60. The van der Waals surface area contributed by atoms with Gasteiger partial charge in [-0.15, -0.1) is 0 Å². The summed E-state index contributed by atoms with van der Waals surface area (Å²) in [5.74, 6) is 0.184. The maximum atomic E-state index is 12.3. The number of hydrogen-bond acceptors (Lipinski definition) is 2. The van der Waals surface area contributed by atoms with Gasteiger partial charge in [-0.05, 0) is 24.7 Å². The number of carbonyl (C=O) groups is 1. The van der Waals surface area contributed by atoms with Gasteiger partial charge in [0.25, 0.3) is 0 Å². The minimum Gasteiger partial charge on any atom is -0.303 e. The molecule has 1 aromatic rings. The molecule has 0 bridgehead atoms. The highest BCUT2D eigenvalue weighted by Gasteiger charge is 2.27. The fourth-order valence-electron chi connectivity index (χ4n) is 2.05. The standard InChI is InChI=1S/C17H25NO/c1-5-18(6-2)14-17(3,4)16(19)13-12-15-10-8-7-9-11-15/h7-13H,5-6,14H2,1-4H3. The first-order valence-electron chi connectivity index (χ1n) is 6.99. The monoisotopic (exact) mass is 259 g/mol. The van der Waals surface area contributed by atoms with Gasteiger partial charge in [-0.2, -0.15) is 0 Å². The van der Waals surface area contributed by atoms with E-state index in [1.807, 2.05) is 50.3 Å². The van der Waals surface area contributed by atoms with Crippen LogP contribution >= 0.6 is 0 Å². The van der Waals surface area contributed by atoms with Gasteiger partial charge in [0, 0.05) is 12.0 Å². The van der Waals surface area contributed by atoms with E-state index in [0.717, 1.165) is 25.2 Å². The molecule has 0 atom stereocenters. The number of hydrogen-bond donors (Lipinski definition) is 0. The fraction of sp³-hybridized carbons (Fsp3) is 0.471. The summed E-state index contributed by atoms with van der Waals surface area (Å²) in [7, 11) is 0. The van der Waals surface area contributed by atoms with Crippen LogP contribution in [-0.4, -0.2) is 30.3 Å². The lowest BCUT2D eigenvalue weighted by Crippen LogP contribution is -2.38. The normalized spacial score (nSPS) is 12.3. The molecule has 0 aliphatic carbocycles. The average Bonchev–Trinajstić information content (AvgIpc) is 2.43. The largest absolute Gasteiger partial charge is 0.303 e. The minimum absolute atomic E-state index is 0.184. The molecular weight excluding hydrogens is 234 g/mol. The fourth-order valence-corrected chi connectivity index (χ4v) is 2.05. The molecule has 1 aromatic carbocycles. The van der Waals surface area contributed by atoms with Crippen molar-refractivity contribution >= 4 is 11.9 Å². The highest BCUT2D eigenvalue weighted by Crippen LogP contribution is 2.20. The van der Waals surface area contributed by atoms with Crippen molar-refractivity contribution in [3.63, 3.8) is 0 Å². The lowest BCUT2D eigenvalue weighted by Gasteiger charge is -2.29. The number of nitrogens with zero attached hydrogens (tertiary/aromatic N) is 1. The van der Waals surface area contributed by atoms with Gasteiger partial charge in [0.15, 0.2) is 5.78 Å². The molecular formula is C17H25NO. The first kappa shape index (κ1) is 15.6. The third-order valence-electron chi connectivity index (χ3n) is 3.41. The number of ketones is 1. The lowest BCUT2D eigenvalue weighted by molar-refractivity contribution is -0.123. The maximum Gasteiger partial charge on any atom is 0.162 e. The highest BCUT2D eigenvalue weighted by atomic mass is 16.1. The van der Waals surface area contributed by atoms with E-state index in [9.17, 15) is 4.79 Å². The van der Waals surface area contributed by atoms with Crippen LogP contribution in [0.4, 0.5) is 0 Å². The maximum absolute atomic E-state index is 12.3. The molecule has 0 saturated heterocycles. The van der Waals surface area contributed by atoms with Crippen LogP contribution in [0.5, 0.6) is 0 Å². The molecule has 0 unspecified atom stereocenters. The average molecular weight is 259 g/mol. The van der Waals surface area contributed by atoms with Gasteiger partial charge in [0.1, 0.15) is 0 Å². The van der Waals surface area contributed by atoms with Gasteiger partial charge in [-0.3, -0.25) is 4.79 Å². The van der Waals surface area contributed by atoms with Crippen molar-refractivity contribution in [3.8, 4) is 0 Å². The topological polar surface area (TPSA) is 20.3 Å². The molecule has 0 spiro atoms. The zero-order valence-corrected chi connectivity index (χ0v) is 12.5. The van der Waals surface area contributed by atoms with Crippen LogP contribution in [0.2, 0.25) is 0 Å². The third-order valence-corrected chi connectivity index (χ3v) is 3.41. The van der Waals surface area contributed by atoms with Crippen molar-refractivity contribution < 1.29 is 4.79 Å². The SMILES string of the molecule is CCN(CC)CC(C)(C)C(=O)C=Cc1ccccc1. The van der Waals surface area contributed by atoms with Crippen molar-refractivity contribution in [2.24, 2.45) is 5.41 Å². The van der Waals surface area contributed by atoms with E-state index in [1.165, 1.54) is 0 Å². The molecule has 2 nitrogen and oxygen atoms in total. The first-order chi connectivity index (χ1) is 8.99. The Balaban J connectivity index is 2.68. The third kappa shape index (κ3) is 4.99. The van der Waals surface area contributed by atoms with E-state index >= 15 is 0 Å². The van der Waals surface area contributed by atoms with E-state index in [2.05, 4.69) is 18.7 Å². The Morgan fingerprint density at radius 3 is 2.26 bits per heavy atom. The molecule has 19 heavy (non-hydrogen) atoms. The molecule has 0 fully saturated rings. The quantitative estimate of drug-likeness (QED) is 0.697. The summed E-state index contributed by atoms with van der Waals surface area (Å²) >= 11 is 0. The van der Waals surface area contributed by atoms with Crippen LogP contribution in [0.15, 0.2) is 36.4 Å². The van der Waals surface area contributed by atoms with E-state index in [1.54, 1.807) is 6.08 Å². The Hall–Kier alpha value is -1.41. The Kier molecular flexibility index (Phi) is 5.97. The Morgan fingerprint density at radius 1 is 1.16 bits per heavy atom. The summed E-state index contributed by atoms with van der Waals surface area (Å²) < 4.78 is 0. The zero-order valence-electron chi connectivity index (χ0n) is 12.5. The highest BCUT2D eigenvalue weighted by molar-refractivity contribution is 5.97. The second-order valence-electron chi connectivity index (χ2n) is 5.45.